The van der Waals surface area contributed by atoms with Crippen LogP contribution in [0.4, 0.5) is 11.4 Å². The van der Waals surface area contributed by atoms with Crippen molar-refractivity contribution in [3.05, 3.63) is 18.2 Å². The van der Waals surface area contributed by atoms with Crippen LogP contribution in [0.1, 0.15) is 6.42 Å². The van der Waals surface area contributed by atoms with Gasteiger partial charge in [0, 0.05) is 25.3 Å². The number of aromatic nitrogens is 4. The number of rotatable bonds is 6. The molecule has 3 N–H and O–H groups in total. The lowest BCUT2D eigenvalue weighted by Crippen LogP contribution is -2.13. The maximum absolute atomic E-state index is 11.9. The van der Waals surface area contributed by atoms with E-state index in [1.54, 1.807) is 37.0 Å². The monoisotopic (exact) mass is 308 g/mol. The predicted octanol–water partition coefficient (Wildman–Crippen LogP) is 0.922. The number of benzene rings is 1. The quantitative estimate of drug-likeness (QED) is 0.603. The smallest absolute Gasteiger partial charge is 0.225 e. The van der Waals surface area contributed by atoms with Crippen LogP contribution in [0.5, 0.6) is 5.75 Å². The number of anilines is 2. The molecule has 0 radical (unpaired) electrons. The van der Waals surface area contributed by atoms with Gasteiger partial charge in [0.2, 0.25) is 11.1 Å². The van der Waals surface area contributed by atoms with E-state index in [9.17, 15) is 4.79 Å². The first-order chi connectivity index (χ1) is 10.1. The average molecular weight is 308 g/mol. The van der Waals surface area contributed by atoms with E-state index in [2.05, 4.69) is 20.8 Å². The minimum Gasteiger partial charge on any atom is -0.497 e. The lowest BCUT2D eigenvalue weighted by Gasteiger charge is -2.09. The van der Waals surface area contributed by atoms with Crippen LogP contribution in [0.3, 0.4) is 0 Å². The highest BCUT2D eigenvalue weighted by Gasteiger charge is 2.08. The van der Waals surface area contributed by atoms with Gasteiger partial charge in [0.05, 0.1) is 18.5 Å². The molecule has 21 heavy (non-hydrogen) atoms. The maximum atomic E-state index is 11.9. The Morgan fingerprint density at radius 3 is 2.95 bits per heavy atom. The average Bonchev–Trinajstić information content (AvgIpc) is 2.87. The highest BCUT2D eigenvalue weighted by molar-refractivity contribution is 7.99. The van der Waals surface area contributed by atoms with E-state index in [-0.39, 0.29) is 5.91 Å². The Balaban J connectivity index is 1.83. The van der Waals surface area contributed by atoms with E-state index < -0.39 is 0 Å². The fraction of sp³-hybridized carbons (Fsp3) is 0.333. The zero-order valence-electron chi connectivity index (χ0n) is 11.7. The SMILES string of the molecule is COc1ccc(NC(=O)CCSc2nnnn2C)c(N)c1. The van der Waals surface area contributed by atoms with Gasteiger partial charge in [-0.15, -0.1) is 5.10 Å². The van der Waals surface area contributed by atoms with Crippen LogP contribution in [0.25, 0.3) is 0 Å². The first kappa shape index (κ1) is 15.1. The van der Waals surface area contributed by atoms with Crippen LogP contribution in [0.2, 0.25) is 0 Å². The molecule has 9 heteroatoms. The van der Waals surface area contributed by atoms with Crippen LogP contribution in [-0.2, 0) is 11.8 Å². The number of nitrogens with one attached hydrogen (secondary N) is 1. The lowest BCUT2D eigenvalue weighted by atomic mass is 10.2. The van der Waals surface area contributed by atoms with Crippen LogP contribution < -0.4 is 15.8 Å². The molecular formula is C12H16N6O2S. The van der Waals surface area contributed by atoms with E-state index in [0.29, 0.717) is 34.5 Å². The van der Waals surface area contributed by atoms with Gasteiger partial charge in [-0.3, -0.25) is 4.79 Å². The largest absolute Gasteiger partial charge is 0.497 e. The summed E-state index contributed by atoms with van der Waals surface area (Å²) in [7, 11) is 3.31. The van der Waals surface area contributed by atoms with Crippen molar-refractivity contribution in [2.75, 3.05) is 23.9 Å². The molecule has 112 valence electrons. The van der Waals surface area contributed by atoms with Crippen molar-refractivity contribution in [3.8, 4) is 5.75 Å². The number of thioether (sulfide) groups is 1. The fourth-order valence-corrected chi connectivity index (χ4v) is 2.36. The van der Waals surface area contributed by atoms with Gasteiger partial charge in [0.15, 0.2) is 0 Å². The molecule has 1 heterocycles. The molecule has 2 rings (SSSR count). The summed E-state index contributed by atoms with van der Waals surface area (Å²) in [5, 5.41) is 14.5. The number of nitrogen functional groups attached to an aromatic ring is 1. The first-order valence-corrected chi connectivity index (χ1v) is 7.17. The van der Waals surface area contributed by atoms with E-state index in [4.69, 9.17) is 10.5 Å². The van der Waals surface area contributed by atoms with Gasteiger partial charge < -0.3 is 15.8 Å². The molecule has 1 aromatic carbocycles. The van der Waals surface area contributed by atoms with Crippen molar-refractivity contribution in [3.63, 3.8) is 0 Å². The molecule has 0 aliphatic rings. The highest BCUT2D eigenvalue weighted by Crippen LogP contribution is 2.24. The summed E-state index contributed by atoms with van der Waals surface area (Å²) in [5.74, 6) is 1.11. The van der Waals surface area contributed by atoms with Crippen molar-refractivity contribution >= 4 is 29.0 Å². The van der Waals surface area contributed by atoms with Crippen LogP contribution >= 0.6 is 11.8 Å². The first-order valence-electron chi connectivity index (χ1n) is 6.18. The van der Waals surface area contributed by atoms with Crippen molar-refractivity contribution in [2.45, 2.75) is 11.6 Å². The molecule has 0 unspecified atom stereocenters. The number of aryl methyl sites for hydroxylation is 1. The molecule has 0 fully saturated rings. The second kappa shape index (κ2) is 6.93. The molecule has 0 spiro atoms. The summed E-state index contributed by atoms with van der Waals surface area (Å²) in [6.45, 7) is 0. The van der Waals surface area contributed by atoms with Gasteiger partial charge in [-0.2, -0.15) is 0 Å². The van der Waals surface area contributed by atoms with Gasteiger partial charge in [0.25, 0.3) is 0 Å². The lowest BCUT2D eigenvalue weighted by molar-refractivity contribution is -0.115. The Bertz CT molecular complexity index is 630. The minimum atomic E-state index is -0.116. The van der Waals surface area contributed by atoms with Gasteiger partial charge in [-0.05, 0) is 22.6 Å². The summed E-state index contributed by atoms with van der Waals surface area (Å²) in [6.07, 6.45) is 0.336. The number of carbonyl (C=O) groups excluding carboxylic acids is 1. The Kier molecular flexibility index (Phi) is 4.99. The van der Waals surface area contributed by atoms with Crippen LogP contribution in [0.15, 0.2) is 23.4 Å². The summed E-state index contributed by atoms with van der Waals surface area (Å²) < 4.78 is 6.61. The molecule has 0 atom stereocenters. The molecular weight excluding hydrogens is 292 g/mol. The number of hydrogen-bond donors (Lipinski definition) is 2. The van der Waals surface area contributed by atoms with E-state index in [0.717, 1.165) is 0 Å². The van der Waals surface area contributed by atoms with Crippen molar-refractivity contribution in [1.82, 2.24) is 20.2 Å². The third-order valence-electron chi connectivity index (χ3n) is 2.67. The molecule has 0 saturated carbocycles. The predicted molar refractivity (Wildman–Crippen MR) is 80.2 cm³/mol. The topological polar surface area (TPSA) is 108 Å². The van der Waals surface area contributed by atoms with Crippen LogP contribution in [0, 0.1) is 0 Å². The molecule has 1 amide bonds. The van der Waals surface area contributed by atoms with E-state index >= 15 is 0 Å². The molecule has 8 nitrogen and oxygen atoms in total. The third kappa shape index (κ3) is 4.09. The second-order valence-electron chi connectivity index (χ2n) is 4.18. The maximum Gasteiger partial charge on any atom is 0.225 e. The number of amides is 1. The zero-order valence-corrected chi connectivity index (χ0v) is 12.6. The number of carbonyl (C=O) groups is 1. The molecule has 1 aromatic heterocycles. The Labute approximate surface area is 126 Å². The number of nitrogens with two attached hydrogens (primary N) is 1. The molecule has 0 saturated heterocycles. The van der Waals surface area contributed by atoms with Crippen LogP contribution in [-0.4, -0.2) is 39.0 Å². The number of methoxy groups -OCH3 is 1. The molecule has 0 aliphatic heterocycles. The van der Waals surface area contributed by atoms with Gasteiger partial charge in [-0.1, -0.05) is 11.8 Å². The Morgan fingerprint density at radius 1 is 1.52 bits per heavy atom. The highest BCUT2D eigenvalue weighted by atomic mass is 32.2. The second-order valence-corrected chi connectivity index (χ2v) is 5.25. The number of hydrogen-bond acceptors (Lipinski definition) is 7. The van der Waals surface area contributed by atoms with E-state index in [1.807, 2.05) is 0 Å². The molecule has 0 bridgehead atoms. The molecule has 2 aromatic rings. The fourth-order valence-electron chi connectivity index (χ4n) is 1.57. The van der Waals surface area contributed by atoms with Gasteiger partial charge >= 0.3 is 0 Å². The summed E-state index contributed by atoms with van der Waals surface area (Å²) in [5.41, 5.74) is 6.88. The zero-order chi connectivity index (χ0) is 15.2. The summed E-state index contributed by atoms with van der Waals surface area (Å²) in [4.78, 5) is 11.9. The minimum absolute atomic E-state index is 0.116. The third-order valence-corrected chi connectivity index (χ3v) is 3.69. The summed E-state index contributed by atoms with van der Waals surface area (Å²) >= 11 is 1.42. The number of ether oxygens (including phenoxy) is 1. The molecule has 0 aliphatic carbocycles. The number of nitrogens with zero attached hydrogens (tertiary/aromatic N) is 4. The standard InChI is InChI=1S/C12H16N6O2S/c1-18-12(15-16-17-18)21-6-5-11(19)14-10-4-3-8(20-2)7-9(10)13/h3-4,7H,5-6,13H2,1-2H3,(H,14,19). The van der Waals surface area contributed by atoms with E-state index in [1.165, 1.54) is 11.8 Å². The number of tetrazole rings is 1. The van der Waals surface area contributed by atoms with Gasteiger partial charge in [0.1, 0.15) is 5.75 Å². The van der Waals surface area contributed by atoms with Crippen molar-refractivity contribution in [2.24, 2.45) is 7.05 Å². The normalized spacial score (nSPS) is 10.4. The van der Waals surface area contributed by atoms with Crippen molar-refractivity contribution < 1.29 is 9.53 Å². The Hall–Kier alpha value is -2.29. The summed E-state index contributed by atoms with van der Waals surface area (Å²) in [6, 6.07) is 5.12. The van der Waals surface area contributed by atoms with Gasteiger partial charge in [-0.25, -0.2) is 4.68 Å². The van der Waals surface area contributed by atoms with Crippen molar-refractivity contribution in [1.29, 1.82) is 0 Å². The Morgan fingerprint density at radius 2 is 2.33 bits per heavy atom.